The van der Waals surface area contributed by atoms with Gasteiger partial charge in [0.25, 0.3) is 11.8 Å². The number of amides is 2. The van der Waals surface area contributed by atoms with Gasteiger partial charge in [-0.25, -0.2) is 9.59 Å². The molecule has 0 atom stereocenters. The molecule has 6 heteroatoms. The number of hydrogen-bond acceptors (Lipinski definition) is 5. The summed E-state index contributed by atoms with van der Waals surface area (Å²) in [6.07, 6.45) is 11.8. The highest BCUT2D eigenvalue weighted by Crippen LogP contribution is 2.37. The zero-order valence-corrected chi connectivity index (χ0v) is 18.6. The maximum atomic E-state index is 13.1. The third-order valence-electron chi connectivity index (χ3n) is 6.47. The Kier molecular flexibility index (Phi) is 6.68. The number of benzene rings is 2. The summed E-state index contributed by atoms with van der Waals surface area (Å²) in [5.74, 6) is -2.24. The Morgan fingerprint density at radius 3 is 1.50 bits per heavy atom. The van der Waals surface area contributed by atoms with Crippen LogP contribution in [-0.2, 0) is 4.74 Å². The van der Waals surface area contributed by atoms with Crippen LogP contribution >= 0.6 is 0 Å². The standard InChI is InChI=1S/C26H29NO5/c1-2-3-4-5-6-7-8-9-10-11-16-27-23(28)17-12-14-19-22-20(26(31)32-25(19)30)15-13-18(21(17)22)24(27)29/h12-15H,2-11,16H2,1H3. The third-order valence-corrected chi connectivity index (χ3v) is 6.47. The largest absolute Gasteiger partial charge is 0.386 e. The molecular weight excluding hydrogens is 406 g/mol. The molecule has 0 N–H and O–H groups in total. The van der Waals surface area contributed by atoms with Crippen LogP contribution < -0.4 is 0 Å². The molecule has 32 heavy (non-hydrogen) atoms. The number of carbonyl (C=O) groups excluding carboxylic acids is 4. The topological polar surface area (TPSA) is 80.8 Å². The lowest BCUT2D eigenvalue weighted by atomic mass is 9.87. The fourth-order valence-electron chi connectivity index (χ4n) is 4.73. The van der Waals surface area contributed by atoms with E-state index in [-0.39, 0.29) is 22.9 Å². The zero-order valence-electron chi connectivity index (χ0n) is 18.6. The molecule has 0 aromatic heterocycles. The molecule has 4 rings (SSSR count). The molecule has 0 spiro atoms. The van der Waals surface area contributed by atoms with Crippen molar-refractivity contribution in [3.8, 4) is 0 Å². The third kappa shape index (κ3) is 4.06. The van der Waals surface area contributed by atoms with E-state index in [1.54, 1.807) is 12.1 Å². The van der Waals surface area contributed by atoms with Gasteiger partial charge < -0.3 is 4.74 Å². The van der Waals surface area contributed by atoms with Crippen molar-refractivity contribution in [1.29, 1.82) is 0 Å². The van der Waals surface area contributed by atoms with E-state index >= 15 is 0 Å². The highest BCUT2D eigenvalue weighted by Gasteiger charge is 2.37. The second kappa shape index (κ2) is 9.63. The molecule has 2 aromatic rings. The van der Waals surface area contributed by atoms with Crippen LogP contribution in [-0.4, -0.2) is 35.2 Å². The quantitative estimate of drug-likeness (QED) is 0.197. The molecule has 0 radical (unpaired) electrons. The smallest absolute Gasteiger partial charge is 0.346 e. The maximum Gasteiger partial charge on any atom is 0.346 e. The molecule has 168 valence electrons. The minimum Gasteiger partial charge on any atom is -0.386 e. The van der Waals surface area contributed by atoms with Crippen molar-refractivity contribution in [3.05, 3.63) is 46.5 Å². The zero-order chi connectivity index (χ0) is 22.7. The first kappa shape index (κ1) is 22.2. The van der Waals surface area contributed by atoms with Crippen molar-refractivity contribution in [2.75, 3.05) is 6.54 Å². The van der Waals surface area contributed by atoms with Gasteiger partial charge in [0.1, 0.15) is 0 Å². The fourth-order valence-corrected chi connectivity index (χ4v) is 4.73. The molecule has 0 unspecified atom stereocenters. The van der Waals surface area contributed by atoms with Gasteiger partial charge in [-0.2, -0.15) is 0 Å². The van der Waals surface area contributed by atoms with Crippen LogP contribution in [0.5, 0.6) is 0 Å². The highest BCUT2D eigenvalue weighted by molar-refractivity contribution is 6.31. The molecule has 0 aliphatic carbocycles. The van der Waals surface area contributed by atoms with Gasteiger partial charge >= 0.3 is 11.9 Å². The number of hydrogen-bond donors (Lipinski definition) is 0. The maximum absolute atomic E-state index is 13.1. The number of carbonyl (C=O) groups is 4. The van der Waals surface area contributed by atoms with E-state index in [9.17, 15) is 19.2 Å². The second-order valence-corrected chi connectivity index (χ2v) is 8.69. The summed E-state index contributed by atoms with van der Waals surface area (Å²) >= 11 is 0. The Bertz CT molecular complexity index is 1020. The average molecular weight is 436 g/mol. The molecule has 0 saturated heterocycles. The van der Waals surface area contributed by atoms with Crippen molar-refractivity contribution in [2.24, 2.45) is 0 Å². The number of rotatable bonds is 11. The van der Waals surface area contributed by atoms with E-state index < -0.39 is 11.9 Å². The van der Waals surface area contributed by atoms with Gasteiger partial charge in [0.05, 0.1) is 11.1 Å². The summed E-state index contributed by atoms with van der Waals surface area (Å²) in [5.41, 5.74) is 1.14. The predicted octanol–water partition coefficient (Wildman–Crippen LogP) is 5.67. The number of unbranched alkanes of at least 4 members (excludes halogenated alkanes) is 9. The van der Waals surface area contributed by atoms with Crippen LogP contribution in [0.1, 0.15) is 113 Å². The Balaban J connectivity index is 1.40. The lowest BCUT2D eigenvalue weighted by molar-refractivity contribution is 0.0388. The van der Waals surface area contributed by atoms with Crippen LogP contribution in [0.3, 0.4) is 0 Å². The first-order valence-electron chi connectivity index (χ1n) is 11.8. The first-order valence-corrected chi connectivity index (χ1v) is 11.8. The summed E-state index contributed by atoms with van der Waals surface area (Å²) in [6, 6.07) is 6.13. The number of ether oxygens (including phenoxy) is 1. The van der Waals surface area contributed by atoms with Crippen LogP contribution in [0.15, 0.2) is 24.3 Å². The fraction of sp³-hybridized carbons (Fsp3) is 0.462. The summed E-state index contributed by atoms with van der Waals surface area (Å²) in [7, 11) is 0. The summed E-state index contributed by atoms with van der Waals surface area (Å²) in [6.45, 7) is 2.60. The van der Waals surface area contributed by atoms with E-state index in [0.717, 1.165) is 19.3 Å². The van der Waals surface area contributed by atoms with Crippen molar-refractivity contribution in [1.82, 2.24) is 4.90 Å². The van der Waals surface area contributed by atoms with Gasteiger partial charge in [0.2, 0.25) is 0 Å². The number of cyclic esters (lactones) is 2. The number of imide groups is 1. The van der Waals surface area contributed by atoms with E-state index in [1.807, 2.05) is 0 Å². The van der Waals surface area contributed by atoms with Gasteiger partial charge in [-0.3, -0.25) is 14.5 Å². The Hall–Kier alpha value is -3.02. The van der Waals surface area contributed by atoms with Crippen molar-refractivity contribution in [2.45, 2.75) is 71.1 Å². The Morgan fingerprint density at radius 1 is 0.594 bits per heavy atom. The van der Waals surface area contributed by atoms with Gasteiger partial charge in [-0.1, -0.05) is 64.7 Å². The van der Waals surface area contributed by atoms with Gasteiger partial charge in [-0.05, 0) is 30.7 Å². The van der Waals surface area contributed by atoms with Crippen LogP contribution in [0, 0.1) is 0 Å². The van der Waals surface area contributed by atoms with Crippen molar-refractivity contribution in [3.63, 3.8) is 0 Å². The van der Waals surface area contributed by atoms with E-state index in [0.29, 0.717) is 28.4 Å². The molecule has 0 saturated carbocycles. The second-order valence-electron chi connectivity index (χ2n) is 8.69. The number of nitrogens with zero attached hydrogens (tertiary/aromatic N) is 1. The predicted molar refractivity (Wildman–Crippen MR) is 121 cm³/mol. The van der Waals surface area contributed by atoms with Crippen molar-refractivity contribution < 1.29 is 23.9 Å². The highest BCUT2D eigenvalue weighted by atomic mass is 16.6. The molecule has 2 amide bonds. The lowest BCUT2D eigenvalue weighted by Gasteiger charge is -2.29. The normalized spacial score (nSPS) is 15.0. The molecule has 2 heterocycles. The Labute approximate surface area is 187 Å². The van der Waals surface area contributed by atoms with Gasteiger partial charge in [-0.15, -0.1) is 0 Å². The summed E-state index contributed by atoms with van der Waals surface area (Å²) in [4.78, 5) is 51.8. The van der Waals surface area contributed by atoms with Crippen LogP contribution in [0.25, 0.3) is 10.8 Å². The SMILES string of the molecule is CCCCCCCCCCCCN1C(=O)c2ccc3c4c(ccc(c24)C1=O)C(=O)OC3=O. The average Bonchev–Trinajstić information content (AvgIpc) is 2.79. The van der Waals surface area contributed by atoms with Crippen molar-refractivity contribution >= 4 is 34.5 Å². The summed E-state index contributed by atoms with van der Waals surface area (Å²) in [5, 5.41) is 0.737. The minimum atomic E-state index is -0.751. The van der Waals surface area contributed by atoms with Gasteiger partial charge in [0.15, 0.2) is 0 Å². The minimum absolute atomic E-state index is 0.212. The lowest BCUT2D eigenvalue weighted by Crippen LogP contribution is -2.41. The molecule has 0 fully saturated rings. The molecular formula is C26H29NO5. The summed E-state index contributed by atoms with van der Waals surface area (Å²) < 4.78 is 4.77. The first-order chi connectivity index (χ1) is 15.5. The molecule has 6 nitrogen and oxygen atoms in total. The number of esters is 2. The molecule has 2 aliphatic heterocycles. The van der Waals surface area contributed by atoms with Crippen LogP contribution in [0.4, 0.5) is 0 Å². The van der Waals surface area contributed by atoms with E-state index in [1.165, 1.54) is 62.0 Å². The molecule has 2 aromatic carbocycles. The Morgan fingerprint density at radius 2 is 1.00 bits per heavy atom. The molecule has 0 bridgehead atoms. The molecule has 2 aliphatic rings. The van der Waals surface area contributed by atoms with E-state index in [4.69, 9.17) is 4.74 Å². The van der Waals surface area contributed by atoms with Gasteiger partial charge in [0, 0.05) is 28.4 Å². The monoisotopic (exact) mass is 435 g/mol. The van der Waals surface area contributed by atoms with Crippen LogP contribution in [0.2, 0.25) is 0 Å². The van der Waals surface area contributed by atoms with E-state index in [2.05, 4.69) is 6.92 Å².